The largest absolute Gasteiger partial charge is 0.355 e. The number of pyridine rings is 1. The number of hydrogen-bond donors (Lipinski definition) is 1. The summed E-state index contributed by atoms with van der Waals surface area (Å²) in [5.74, 6) is 1.17. The van der Waals surface area contributed by atoms with Crippen molar-refractivity contribution < 1.29 is 4.79 Å². The van der Waals surface area contributed by atoms with E-state index >= 15 is 0 Å². The van der Waals surface area contributed by atoms with E-state index in [-0.39, 0.29) is 5.91 Å². The summed E-state index contributed by atoms with van der Waals surface area (Å²) in [4.78, 5) is 26.9. The summed E-state index contributed by atoms with van der Waals surface area (Å²) < 4.78 is 0. The zero-order valence-electron chi connectivity index (χ0n) is 12.6. The van der Waals surface area contributed by atoms with E-state index in [1.54, 1.807) is 31.7 Å². The van der Waals surface area contributed by atoms with E-state index in [9.17, 15) is 4.79 Å². The molecule has 1 aliphatic heterocycles. The fraction of sp³-hybridized carbons (Fsp3) is 0.375. The zero-order valence-corrected chi connectivity index (χ0v) is 12.6. The number of carbonyl (C=O) groups is 1. The summed E-state index contributed by atoms with van der Waals surface area (Å²) in [5.41, 5.74) is 1.48. The zero-order chi connectivity index (χ0) is 15.4. The molecule has 1 N–H and O–H groups in total. The fourth-order valence-corrected chi connectivity index (χ4v) is 2.79. The van der Waals surface area contributed by atoms with Crippen LogP contribution >= 0.6 is 0 Å². The van der Waals surface area contributed by atoms with Crippen molar-refractivity contribution in [2.45, 2.75) is 18.8 Å². The monoisotopic (exact) mass is 297 g/mol. The molecule has 0 radical (unpaired) electrons. The Morgan fingerprint density at radius 3 is 2.77 bits per heavy atom. The number of nitrogens with zero attached hydrogens (tertiary/aromatic N) is 4. The second-order valence-electron chi connectivity index (χ2n) is 5.35. The van der Waals surface area contributed by atoms with Crippen LogP contribution < -0.4 is 10.2 Å². The highest BCUT2D eigenvalue weighted by Gasteiger charge is 2.23. The van der Waals surface area contributed by atoms with Crippen molar-refractivity contribution in [2.75, 3.05) is 25.0 Å². The van der Waals surface area contributed by atoms with Crippen molar-refractivity contribution >= 4 is 11.7 Å². The van der Waals surface area contributed by atoms with E-state index in [1.165, 1.54) is 0 Å². The Bertz CT molecular complexity index is 638. The molecule has 1 fully saturated rings. The number of carbonyl (C=O) groups excluding carboxylic acids is 1. The van der Waals surface area contributed by atoms with E-state index in [0.29, 0.717) is 11.6 Å². The Labute approximate surface area is 129 Å². The number of rotatable bonds is 3. The van der Waals surface area contributed by atoms with Gasteiger partial charge in [0.25, 0.3) is 5.91 Å². The van der Waals surface area contributed by atoms with Gasteiger partial charge in [-0.05, 0) is 25.0 Å². The highest BCUT2D eigenvalue weighted by atomic mass is 16.1. The lowest BCUT2D eigenvalue weighted by atomic mass is 9.93. The maximum Gasteiger partial charge on any atom is 0.269 e. The van der Waals surface area contributed by atoms with E-state index < -0.39 is 0 Å². The third kappa shape index (κ3) is 3.05. The molecular formula is C16H19N5O. The van der Waals surface area contributed by atoms with Crippen LogP contribution in [-0.4, -0.2) is 41.0 Å². The van der Waals surface area contributed by atoms with Gasteiger partial charge in [-0.1, -0.05) is 6.07 Å². The maximum absolute atomic E-state index is 11.7. The van der Waals surface area contributed by atoms with Gasteiger partial charge in [-0.2, -0.15) is 0 Å². The van der Waals surface area contributed by atoms with Crippen LogP contribution in [0.4, 0.5) is 5.82 Å². The van der Waals surface area contributed by atoms with Crippen LogP contribution in [0.2, 0.25) is 0 Å². The molecule has 6 nitrogen and oxygen atoms in total. The quantitative estimate of drug-likeness (QED) is 0.932. The highest BCUT2D eigenvalue weighted by Crippen LogP contribution is 2.28. The molecule has 2 aromatic heterocycles. The Hall–Kier alpha value is -2.50. The number of hydrogen-bond acceptors (Lipinski definition) is 5. The average Bonchev–Trinajstić information content (AvgIpc) is 2.62. The van der Waals surface area contributed by atoms with Crippen LogP contribution in [0.3, 0.4) is 0 Å². The number of nitrogens with one attached hydrogen (secondary N) is 1. The molecular weight excluding hydrogens is 278 g/mol. The topological polar surface area (TPSA) is 71.0 Å². The summed E-state index contributed by atoms with van der Waals surface area (Å²) in [6.07, 6.45) is 7.20. The molecule has 6 heteroatoms. The lowest BCUT2D eigenvalue weighted by Gasteiger charge is -2.32. The molecule has 0 aliphatic carbocycles. The van der Waals surface area contributed by atoms with Crippen molar-refractivity contribution in [1.82, 2.24) is 20.3 Å². The van der Waals surface area contributed by atoms with Gasteiger partial charge in [0.2, 0.25) is 0 Å². The van der Waals surface area contributed by atoms with Gasteiger partial charge >= 0.3 is 0 Å². The molecule has 1 amide bonds. The molecule has 0 saturated carbocycles. The maximum atomic E-state index is 11.7. The molecule has 0 bridgehead atoms. The number of aromatic nitrogens is 3. The minimum absolute atomic E-state index is 0.140. The van der Waals surface area contributed by atoms with E-state index in [0.717, 1.165) is 37.4 Å². The average molecular weight is 297 g/mol. The molecule has 114 valence electrons. The number of anilines is 1. The van der Waals surface area contributed by atoms with Gasteiger partial charge in [-0.3, -0.25) is 9.78 Å². The van der Waals surface area contributed by atoms with Crippen LogP contribution in [0.25, 0.3) is 0 Å². The van der Waals surface area contributed by atoms with Crippen LogP contribution in [-0.2, 0) is 0 Å². The summed E-state index contributed by atoms with van der Waals surface area (Å²) in [7, 11) is 1.62. The van der Waals surface area contributed by atoms with Gasteiger partial charge in [0.15, 0.2) is 0 Å². The van der Waals surface area contributed by atoms with Crippen molar-refractivity contribution in [3.05, 3.63) is 48.2 Å². The lowest BCUT2D eigenvalue weighted by molar-refractivity contribution is 0.0958. The summed E-state index contributed by atoms with van der Waals surface area (Å²) in [6, 6.07) is 5.66. The predicted molar refractivity (Wildman–Crippen MR) is 83.8 cm³/mol. The van der Waals surface area contributed by atoms with Crippen molar-refractivity contribution in [1.29, 1.82) is 0 Å². The second kappa shape index (κ2) is 6.51. The first kappa shape index (κ1) is 14.4. The van der Waals surface area contributed by atoms with Crippen molar-refractivity contribution in [3.8, 4) is 0 Å². The molecule has 1 saturated heterocycles. The first-order valence-corrected chi connectivity index (χ1v) is 7.48. The number of amides is 1. The van der Waals surface area contributed by atoms with E-state index in [1.807, 2.05) is 12.1 Å². The molecule has 0 aromatic carbocycles. The summed E-state index contributed by atoms with van der Waals surface area (Å²) in [5, 5.41) is 2.62. The molecule has 0 unspecified atom stereocenters. The molecule has 0 atom stereocenters. The molecule has 3 heterocycles. The smallest absolute Gasteiger partial charge is 0.269 e. The first-order valence-electron chi connectivity index (χ1n) is 7.48. The normalized spacial score (nSPS) is 15.6. The molecule has 1 aliphatic rings. The molecule has 22 heavy (non-hydrogen) atoms. The van der Waals surface area contributed by atoms with Gasteiger partial charge in [0, 0.05) is 44.1 Å². The van der Waals surface area contributed by atoms with Gasteiger partial charge in [0.05, 0.1) is 6.20 Å². The Balaban J connectivity index is 1.68. The molecule has 0 spiro atoms. The summed E-state index contributed by atoms with van der Waals surface area (Å²) in [6.45, 7) is 1.85. The van der Waals surface area contributed by atoms with Gasteiger partial charge < -0.3 is 10.2 Å². The van der Waals surface area contributed by atoms with E-state index in [2.05, 4.69) is 25.2 Å². The predicted octanol–water partition coefficient (Wildman–Crippen LogP) is 1.62. The minimum atomic E-state index is -0.140. The number of piperidine rings is 1. The molecule has 2 aromatic rings. The third-order valence-electron chi connectivity index (χ3n) is 4.02. The van der Waals surface area contributed by atoms with Crippen molar-refractivity contribution in [3.63, 3.8) is 0 Å². The van der Waals surface area contributed by atoms with Crippen molar-refractivity contribution in [2.24, 2.45) is 0 Å². The van der Waals surface area contributed by atoms with Crippen LogP contribution in [0, 0.1) is 0 Å². The van der Waals surface area contributed by atoms with E-state index in [4.69, 9.17) is 0 Å². The van der Waals surface area contributed by atoms with Crippen LogP contribution in [0.15, 0.2) is 36.8 Å². The Kier molecular flexibility index (Phi) is 4.27. The molecule has 3 rings (SSSR count). The SMILES string of the molecule is CNC(=O)c1cccc(C2CCN(c3cnccn3)CC2)n1. The standard InChI is InChI=1S/C16H19N5O/c1-17-16(22)14-4-2-3-13(20-14)12-5-9-21(10-6-12)15-11-18-7-8-19-15/h2-4,7-8,11-12H,5-6,9-10H2,1H3,(H,17,22). The Morgan fingerprint density at radius 1 is 1.27 bits per heavy atom. The Morgan fingerprint density at radius 2 is 2.09 bits per heavy atom. The van der Waals surface area contributed by atoms with Crippen LogP contribution in [0.1, 0.15) is 34.9 Å². The summed E-state index contributed by atoms with van der Waals surface area (Å²) >= 11 is 0. The fourth-order valence-electron chi connectivity index (χ4n) is 2.79. The highest BCUT2D eigenvalue weighted by molar-refractivity contribution is 5.91. The van der Waals surface area contributed by atoms with Gasteiger partial charge in [-0.15, -0.1) is 0 Å². The first-order chi connectivity index (χ1) is 10.8. The van der Waals surface area contributed by atoms with Gasteiger partial charge in [0.1, 0.15) is 11.5 Å². The van der Waals surface area contributed by atoms with Gasteiger partial charge in [-0.25, -0.2) is 9.97 Å². The minimum Gasteiger partial charge on any atom is -0.355 e. The van der Waals surface area contributed by atoms with Crippen LogP contribution in [0.5, 0.6) is 0 Å². The lowest BCUT2D eigenvalue weighted by Crippen LogP contribution is -2.33. The third-order valence-corrected chi connectivity index (χ3v) is 4.02. The second-order valence-corrected chi connectivity index (χ2v) is 5.35.